The smallest absolute Gasteiger partial charge is 0.338 e. The number of carbonyl (C=O) groups excluding carboxylic acids is 2. The van der Waals surface area contributed by atoms with Gasteiger partial charge in [0.1, 0.15) is 0 Å². The molecule has 0 aliphatic carbocycles. The van der Waals surface area contributed by atoms with Crippen molar-refractivity contribution in [3.63, 3.8) is 0 Å². The average Bonchev–Trinajstić information content (AvgIpc) is 2.53. The van der Waals surface area contributed by atoms with Crippen molar-refractivity contribution in [2.24, 2.45) is 5.14 Å². The Balaban J connectivity index is 2.02. The maximum absolute atomic E-state index is 12.1. The Bertz CT molecular complexity index is 925. The molecule has 10 heteroatoms. The Morgan fingerprint density at radius 2 is 1.62 bits per heavy atom. The second-order valence-electron chi connectivity index (χ2n) is 5.26. The number of hydrogen-bond acceptors (Lipinski definition) is 5. The number of anilines is 1. The van der Waals surface area contributed by atoms with Crippen molar-refractivity contribution in [3.05, 3.63) is 58.1 Å². The lowest BCUT2D eigenvalue weighted by atomic mass is 10.2. The van der Waals surface area contributed by atoms with Crippen LogP contribution in [0.2, 0.25) is 10.0 Å². The van der Waals surface area contributed by atoms with Gasteiger partial charge in [0.25, 0.3) is 5.91 Å². The standard InChI is InChI=1S/C16H14Cl2N2O5S/c1-9(15(21)20-13-7-11(17)6-12(18)8-13)25-16(22)10-2-4-14(5-3-10)26(19,23)24/h2-9H,1H3,(H,20,21)(H2,19,23,24)/t9-/m0/s1. The maximum atomic E-state index is 12.1. The number of nitrogens with one attached hydrogen (secondary N) is 1. The number of nitrogens with two attached hydrogens (primary N) is 1. The summed E-state index contributed by atoms with van der Waals surface area (Å²) in [6.45, 7) is 1.39. The molecule has 2 rings (SSSR count). The fourth-order valence-corrected chi connectivity index (χ4v) is 2.97. The van der Waals surface area contributed by atoms with Crippen LogP contribution in [0.4, 0.5) is 5.69 Å². The number of primary sulfonamides is 1. The van der Waals surface area contributed by atoms with Crippen molar-refractivity contribution in [2.75, 3.05) is 5.32 Å². The van der Waals surface area contributed by atoms with E-state index in [0.717, 1.165) is 0 Å². The van der Waals surface area contributed by atoms with Gasteiger partial charge < -0.3 is 10.1 Å². The summed E-state index contributed by atoms with van der Waals surface area (Å²) in [6.07, 6.45) is -1.11. The van der Waals surface area contributed by atoms with Gasteiger partial charge >= 0.3 is 5.97 Å². The quantitative estimate of drug-likeness (QED) is 0.726. The van der Waals surface area contributed by atoms with Crippen LogP contribution in [0.15, 0.2) is 47.4 Å². The molecule has 0 radical (unpaired) electrons. The molecular formula is C16H14Cl2N2O5S. The first-order valence-electron chi connectivity index (χ1n) is 7.17. The second-order valence-corrected chi connectivity index (χ2v) is 7.70. The van der Waals surface area contributed by atoms with Gasteiger partial charge in [0, 0.05) is 15.7 Å². The summed E-state index contributed by atoms with van der Waals surface area (Å²) >= 11 is 11.7. The van der Waals surface area contributed by atoms with E-state index in [1.165, 1.54) is 49.4 Å². The molecule has 0 saturated carbocycles. The van der Waals surface area contributed by atoms with Crippen molar-refractivity contribution in [1.82, 2.24) is 0 Å². The summed E-state index contributed by atoms with van der Waals surface area (Å²) in [6, 6.07) is 9.31. The minimum absolute atomic E-state index is 0.0721. The predicted molar refractivity (Wildman–Crippen MR) is 97.8 cm³/mol. The maximum Gasteiger partial charge on any atom is 0.338 e. The third kappa shape index (κ3) is 5.43. The molecule has 0 unspecified atom stereocenters. The molecule has 0 saturated heterocycles. The third-order valence-corrected chi connectivity index (χ3v) is 4.57. The highest BCUT2D eigenvalue weighted by Crippen LogP contribution is 2.22. The summed E-state index contributed by atoms with van der Waals surface area (Å²) in [4.78, 5) is 24.0. The Morgan fingerprint density at radius 1 is 1.08 bits per heavy atom. The molecule has 1 atom stereocenters. The molecule has 0 bridgehead atoms. The van der Waals surface area contributed by atoms with E-state index in [4.69, 9.17) is 33.1 Å². The number of amides is 1. The lowest BCUT2D eigenvalue weighted by Gasteiger charge is -2.14. The summed E-state index contributed by atoms with van der Waals surface area (Å²) in [5.74, 6) is -1.38. The molecule has 2 aromatic rings. The first-order chi connectivity index (χ1) is 12.1. The fraction of sp³-hybridized carbons (Fsp3) is 0.125. The molecule has 0 aliphatic rings. The highest BCUT2D eigenvalue weighted by Gasteiger charge is 2.20. The van der Waals surface area contributed by atoms with Crippen LogP contribution in [0.5, 0.6) is 0 Å². The summed E-state index contributed by atoms with van der Waals surface area (Å²) in [7, 11) is -3.86. The lowest BCUT2D eigenvalue weighted by Crippen LogP contribution is -2.30. The number of esters is 1. The number of sulfonamides is 1. The van der Waals surface area contributed by atoms with Crippen LogP contribution < -0.4 is 10.5 Å². The molecule has 0 heterocycles. The minimum atomic E-state index is -3.86. The number of benzene rings is 2. The van der Waals surface area contributed by atoms with Crippen LogP contribution in [0, 0.1) is 0 Å². The largest absolute Gasteiger partial charge is 0.449 e. The number of carbonyl (C=O) groups is 2. The highest BCUT2D eigenvalue weighted by atomic mass is 35.5. The molecule has 26 heavy (non-hydrogen) atoms. The van der Waals surface area contributed by atoms with Crippen molar-refractivity contribution in [2.45, 2.75) is 17.9 Å². The van der Waals surface area contributed by atoms with Gasteiger partial charge in [0.15, 0.2) is 6.10 Å². The van der Waals surface area contributed by atoms with Gasteiger partial charge in [-0.2, -0.15) is 0 Å². The van der Waals surface area contributed by atoms with Crippen LogP contribution in [-0.2, 0) is 19.6 Å². The molecule has 2 aromatic carbocycles. The normalized spacial score (nSPS) is 12.3. The Hall–Kier alpha value is -2.13. The first-order valence-corrected chi connectivity index (χ1v) is 9.47. The fourth-order valence-electron chi connectivity index (χ4n) is 1.93. The number of hydrogen-bond donors (Lipinski definition) is 2. The molecule has 0 aromatic heterocycles. The third-order valence-electron chi connectivity index (χ3n) is 3.20. The van der Waals surface area contributed by atoms with Crippen molar-refractivity contribution < 1.29 is 22.7 Å². The average molecular weight is 417 g/mol. The Morgan fingerprint density at radius 3 is 2.12 bits per heavy atom. The Labute approximate surface area is 160 Å². The highest BCUT2D eigenvalue weighted by molar-refractivity contribution is 7.89. The number of halogens is 2. The topological polar surface area (TPSA) is 116 Å². The van der Waals surface area contributed by atoms with Crippen LogP contribution >= 0.6 is 23.2 Å². The van der Waals surface area contributed by atoms with Gasteiger partial charge in [-0.15, -0.1) is 0 Å². The van der Waals surface area contributed by atoms with Gasteiger partial charge in [0.05, 0.1) is 10.5 Å². The number of ether oxygens (including phenoxy) is 1. The molecule has 3 N–H and O–H groups in total. The van der Waals surface area contributed by atoms with Gasteiger partial charge in [-0.05, 0) is 49.4 Å². The SMILES string of the molecule is C[C@H](OC(=O)c1ccc(S(N)(=O)=O)cc1)C(=O)Nc1cc(Cl)cc(Cl)c1. The van der Waals surface area contributed by atoms with Gasteiger partial charge in [-0.3, -0.25) is 4.79 Å². The number of rotatable bonds is 5. The molecule has 0 spiro atoms. The van der Waals surface area contributed by atoms with E-state index in [1.54, 1.807) is 0 Å². The van der Waals surface area contributed by atoms with Crippen LogP contribution in [0.1, 0.15) is 17.3 Å². The lowest BCUT2D eigenvalue weighted by molar-refractivity contribution is -0.123. The zero-order valence-corrected chi connectivity index (χ0v) is 15.7. The second kappa shape index (κ2) is 8.05. The van der Waals surface area contributed by atoms with Crippen molar-refractivity contribution in [3.8, 4) is 0 Å². The zero-order valence-electron chi connectivity index (χ0n) is 13.4. The van der Waals surface area contributed by atoms with Crippen molar-refractivity contribution in [1.29, 1.82) is 0 Å². The summed E-state index contributed by atoms with van der Waals surface area (Å²) in [5.41, 5.74) is 0.427. The molecule has 0 fully saturated rings. The summed E-state index contributed by atoms with van der Waals surface area (Å²) < 4.78 is 27.4. The van der Waals surface area contributed by atoms with Gasteiger partial charge in [0.2, 0.25) is 10.0 Å². The molecule has 1 amide bonds. The van der Waals surface area contributed by atoms with Gasteiger partial charge in [-0.1, -0.05) is 23.2 Å². The van der Waals surface area contributed by atoms with E-state index in [9.17, 15) is 18.0 Å². The first kappa shape index (κ1) is 20.2. The van der Waals surface area contributed by atoms with E-state index >= 15 is 0 Å². The molecule has 138 valence electrons. The summed E-state index contributed by atoms with van der Waals surface area (Å²) in [5, 5.41) is 8.19. The zero-order chi connectivity index (χ0) is 19.5. The predicted octanol–water partition coefficient (Wildman–Crippen LogP) is 2.82. The van der Waals surface area contributed by atoms with Gasteiger partial charge in [-0.25, -0.2) is 18.4 Å². The van der Waals surface area contributed by atoms with Crippen LogP contribution in [0.3, 0.4) is 0 Å². The van der Waals surface area contributed by atoms with E-state index in [0.29, 0.717) is 15.7 Å². The molecular weight excluding hydrogens is 403 g/mol. The van der Waals surface area contributed by atoms with Crippen molar-refractivity contribution >= 4 is 50.8 Å². The van der Waals surface area contributed by atoms with E-state index in [-0.39, 0.29) is 10.5 Å². The van der Waals surface area contributed by atoms with E-state index in [1.807, 2.05) is 0 Å². The van der Waals surface area contributed by atoms with E-state index in [2.05, 4.69) is 5.32 Å². The van der Waals surface area contributed by atoms with Crippen LogP contribution in [-0.4, -0.2) is 26.4 Å². The minimum Gasteiger partial charge on any atom is -0.449 e. The molecule has 0 aliphatic heterocycles. The van der Waals surface area contributed by atoms with Crippen LogP contribution in [0.25, 0.3) is 0 Å². The monoisotopic (exact) mass is 416 g/mol. The van der Waals surface area contributed by atoms with E-state index < -0.39 is 28.0 Å². The Kier molecular flexibility index (Phi) is 6.25. The molecule has 7 nitrogen and oxygen atoms in total.